The van der Waals surface area contributed by atoms with Gasteiger partial charge in [0.15, 0.2) is 5.84 Å². The van der Waals surface area contributed by atoms with Crippen LogP contribution in [0.3, 0.4) is 0 Å². The first kappa shape index (κ1) is 54.4. The van der Waals surface area contributed by atoms with Crippen molar-refractivity contribution in [1.29, 1.82) is 5.41 Å². The van der Waals surface area contributed by atoms with E-state index in [2.05, 4.69) is 321 Å². The highest BCUT2D eigenvalue weighted by molar-refractivity contribution is 7.26. The van der Waals surface area contributed by atoms with E-state index in [1.807, 2.05) is 11.3 Å². The van der Waals surface area contributed by atoms with Crippen molar-refractivity contribution < 1.29 is 0 Å². The molecule has 0 saturated heterocycles. The fourth-order valence-corrected chi connectivity index (χ4v) is 16.0. The lowest BCUT2D eigenvalue weighted by Crippen LogP contribution is -2.49. The van der Waals surface area contributed by atoms with E-state index in [-0.39, 0.29) is 5.84 Å². The van der Waals surface area contributed by atoms with E-state index in [1.165, 1.54) is 57.6 Å². The summed E-state index contributed by atoms with van der Waals surface area (Å²) in [5.74, 6) is 0.915. The molecule has 4 nitrogen and oxygen atoms in total. The van der Waals surface area contributed by atoms with Gasteiger partial charge in [-0.3, -0.25) is 5.41 Å². The maximum absolute atomic E-state index is 10.2. The molecule has 15 rings (SSSR count). The summed E-state index contributed by atoms with van der Waals surface area (Å²) in [4.78, 5) is 8.05. The van der Waals surface area contributed by atoms with Crippen LogP contribution in [0.2, 0.25) is 0 Å². The smallest absolute Gasteiger partial charge is 0.154 e. The summed E-state index contributed by atoms with van der Waals surface area (Å²) in [6.07, 6.45) is 3.87. The number of amidine groups is 2. The summed E-state index contributed by atoms with van der Waals surface area (Å²) in [6.45, 7) is 2.71. The van der Waals surface area contributed by atoms with Gasteiger partial charge in [0, 0.05) is 93.4 Å². The Balaban J connectivity index is 1.10. The average Bonchev–Trinajstić information content (AvgIpc) is 1.55. The average molecular weight is 1170 g/mol. The number of aliphatic imine (C=N–C) groups is 1. The first-order chi connectivity index (χ1) is 43.4. The Morgan fingerprint density at radius 1 is 0.432 bits per heavy atom. The van der Waals surface area contributed by atoms with E-state index in [1.54, 1.807) is 11.3 Å². The van der Waals surface area contributed by atoms with Crippen LogP contribution >= 0.6 is 22.7 Å². The molecule has 12 aromatic carbocycles. The predicted octanol–water partition coefficient (Wildman–Crippen LogP) is 22.0. The second-order valence-electron chi connectivity index (χ2n) is 22.9. The van der Waals surface area contributed by atoms with Crippen LogP contribution in [0.15, 0.2) is 302 Å². The number of benzene rings is 12. The third-order valence-electron chi connectivity index (χ3n) is 17.5. The summed E-state index contributed by atoms with van der Waals surface area (Å²) >= 11 is 3.57. The van der Waals surface area contributed by atoms with Gasteiger partial charge >= 0.3 is 0 Å². The van der Waals surface area contributed by atoms with E-state index >= 15 is 0 Å². The molecule has 88 heavy (non-hydrogen) atoms. The molecule has 3 aromatic heterocycles. The fraction of sp³-hybridized carbons (Fsp3) is 0.0732. The van der Waals surface area contributed by atoms with Crippen LogP contribution in [0.1, 0.15) is 35.6 Å². The zero-order valence-electron chi connectivity index (χ0n) is 49.1. The molecular weight excluding hydrogens is 1110 g/mol. The molecule has 1 N–H and O–H groups in total. The molecule has 3 heterocycles. The predicted molar refractivity (Wildman–Crippen MR) is 379 cm³/mol. The Kier molecular flexibility index (Phi) is 14.4. The molecule has 0 bridgehead atoms. The zero-order chi connectivity index (χ0) is 59.1. The van der Waals surface area contributed by atoms with E-state index in [9.17, 15) is 5.41 Å². The van der Waals surface area contributed by atoms with Gasteiger partial charge in [-0.05, 0) is 80.8 Å². The summed E-state index contributed by atoms with van der Waals surface area (Å²) in [5.41, 5.74) is 15.7. The number of thiophene rings is 2. The lowest BCUT2D eigenvalue weighted by atomic mass is 9.77. The van der Waals surface area contributed by atoms with Crippen molar-refractivity contribution in [3.63, 3.8) is 0 Å². The highest BCUT2D eigenvalue weighted by Gasteiger charge is 2.43. The minimum atomic E-state index is -0.953. The van der Waals surface area contributed by atoms with E-state index in [4.69, 9.17) is 4.99 Å². The number of hydrogen-bond acceptors (Lipinski definition) is 3. The summed E-state index contributed by atoms with van der Waals surface area (Å²) < 4.78 is 7.60. The molecule has 6 heteroatoms. The monoisotopic (exact) mass is 1170 g/mol. The molecule has 0 fully saturated rings. The van der Waals surface area contributed by atoms with Crippen LogP contribution in [0.4, 0.5) is 0 Å². The molecule has 1 unspecified atom stereocenters. The first-order valence-corrected chi connectivity index (χ1v) is 31.9. The Morgan fingerprint density at radius 2 is 0.830 bits per heavy atom. The highest BCUT2D eigenvalue weighted by atomic mass is 32.1. The van der Waals surface area contributed by atoms with Gasteiger partial charge in [0.05, 0.1) is 16.6 Å². The van der Waals surface area contributed by atoms with E-state index in [0.717, 1.165) is 83.4 Å². The standard InChI is InChI=1S/C82H62N4S2/c1-3-26-71(60-37-20-9-21-38-60)82(53-55-27-10-4-11-28-55,54-85(2)81(62-44-46-70-68-40-23-25-42-73(68)88-75(70)52-62)84-80(83)61-43-45-69-67-39-22-24-41-72(67)87-74(69)51-61)86-78-65(58-33-16-7-17-34-58)49-47-63(56-29-12-5-13-30-56)76(78)77-64(57-31-14-6-15-32-57)48-50-66(79(77)86)59-35-18-8-19-36-59/h4-52,83H,3,53-54H2,1-2H3/b71-26-,83-80?,84-81-. The maximum Gasteiger partial charge on any atom is 0.154 e. The van der Waals surface area contributed by atoms with Crippen LogP contribution in [0.5, 0.6) is 0 Å². The lowest BCUT2D eigenvalue weighted by molar-refractivity contribution is 0.311. The molecule has 15 aromatic rings. The number of rotatable bonds is 14. The topological polar surface area (TPSA) is 44.4 Å². The quantitative estimate of drug-likeness (QED) is 0.0856. The van der Waals surface area contributed by atoms with Crippen molar-refractivity contribution in [1.82, 2.24) is 9.47 Å². The molecule has 0 aliphatic heterocycles. The molecular formula is C82H62N4S2. The molecule has 1 atom stereocenters. The Hall–Kier alpha value is -10.2. The van der Waals surface area contributed by atoms with Gasteiger partial charge in [0.2, 0.25) is 0 Å². The van der Waals surface area contributed by atoms with Gasteiger partial charge in [-0.15, -0.1) is 22.7 Å². The largest absolute Gasteiger partial charge is 0.356 e. The molecule has 0 aliphatic rings. The van der Waals surface area contributed by atoms with Crippen LogP contribution in [0.25, 0.3) is 112 Å². The second kappa shape index (κ2) is 23.2. The van der Waals surface area contributed by atoms with Gasteiger partial charge in [-0.25, -0.2) is 4.99 Å². The van der Waals surface area contributed by atoms with Crippen molar-refractivity contribution in [3.8, 4) is 44.5 Å². The normalized spacial score (nSPS) is 12.8. The number of nitrogens with one attached hydrogen (secondary N) is 1. The van der Waals surface area contributed by atoms with Crippen molar-refractivity contribution in [2.45, 2.75) is 25.3 Å². The molecule has 422 valence electrons. The Morgan fingerprint density at radius 3 is 1.32 bits per heavy atom. The van der Waals surface area contributed by atoms with Crippen LogP contribution in [-0.2, 0) is 12.0 Å². The van der Waals surface area contributed by atoms with E-state index in [0.29, 0.717) is 18.8 Å². The number of aromatic nitrogens is 1. The first-order valence-electron chi connectivity index (χ1n) is 30.3. The third-order valence-corrected chi connectivity index (χ3v) is 19.8. The maximum atomic E-state index is 10.2. The summed E-state index contributed by atoms with van der Waals surface area (Å²) in [7, 11) is 2.22. The van der Waals surface area contributed by atoms with Crippen LogP contribution in [-0.4, -0.2) is 34.7 Å². The van der Waals surface area contributed by atoms with Crippen LogP contribution < -0.4 is 0 Å². The Bertz CT molecular complexity index is 5000. The van der Waals surface area contributed by atoms with Gasteiger partial charge in [0.25, 0.3) is 0 Å². The number of likely N-dealkylation sites (N-methyl/N-ethyl adjacent to an activating group) is 1. The van der Waals surface area contributed by atoms with Crippen molar-refractivity contribution in [2.24, 2.45) is 4.99 Å². The van der Waals surface area contributed by atoms with Gasteiger partial charge < -0.3 is 9.47 Å². The van der Waals surface area contributed by atoms with E-state index < -0.39 is 5.54 Å². The highest BCUT2D eigenvalue weighted by Crippen LogP contribution is 2.53. The third kappa shape index (κ3) is 9.72. The molecule has 0 spiro atoms. The van der Waals surface area contributed by atoms with Crippen molar-refractivity contribution >= 4 is 102 Å². The van der Waals surface area contributed by atoms with Crippen molar-refractivity contribution in [3.05, 3.63) is 320 Å². The number of fused-ring (bicyclic) bond motifs is 9. The minimum absolute atomic E-state index is 0.202. The molecule has 0 saturated carbocycles. The molecule has 0 radical (unpaired) electrons. The van der Waals surface area contributed by atoms with Crippen molar-refractivity contribution in [2.75, 3.05) is 13.6 Å². The molecule has 0 amide bonds. The number of allylic oxidation sites excluding steroid dienone is 1. The summed E-state index contributed by atoms with van der Waals surface area (Å²) in [6, 6.07) is 106. The zero-order valence-corrected chi connectivity index (χ0v) is 50.7. The van der Waals surface area contributed by atoms with Gasteiger partial charge in [-0.2, -0.15) is 0 Å². The molecule has 0 aliphatic carbocycles. The summed E-state index contributed by atoms with van der Waals surface area (Å²) in [5, 5.41) is 17.5. The minimum Gasteiger partial charge on any atom is -0.356 e. The lowest BCUT2D eigenvalue weighted by Gasteiger charge is -2.44. The van der Waals surface area contributed by atoms with Gasteiger partial charge in [-0.1, -0.05) is 280 Å². The fourth-order valence-electron chi connectivity index (χ4n) is 13.7. The number of nitrogens with zero attached hydrogens (tertiary/aromatic N) is 3. The van der Waals surface area contributed by atoms with Crippen LogP contribution in [0, 0.1) is 5.41 Å². The number of hydrogen-bond donors (Lipinski definition) is 1. The SMILES string of the molecule is CC/C=C(/c1ccccc1)C(Cc1ccccc1)(CN(C)/C(=N\C(=N)c1ccc2c(c1)sc1ccccc12)c1ccc2c(c1)sc1ccccc12)n1c2c(-c3ccccc3)ccc(-c3ccccc3)c2c2c(-c3ccccc3)ccc(-c3ccccc3)c21. The Labute approximate surface area is 521 Å². The second-order valence-corrected chi connectivity index (χ2v) is 25.1. The van der Waals surface area contributed by atoms with Gasteiger partial charge in [0.1, 0.15) is 5.84 Å².